The maximum Gasteiger partial charge on any atom is 0.289 e. The number of carbonyl (C=O) groups is 6. The summed E-state index contributed by atoms with van der Waals surface area (Å²) >= 11 is 0. The van der Waals surface area contributed by atoms with Gasteiger partial charge < -0.3 is 26.2 Å². The zero-order valence-corrected chi connectivity index (χ0v) is 28.2. The van der Waals surface area contributed by atoms with E-state index in [1.165, 1.54) is 6.20 Å². The molecule has 5 atom stereocenters. The molecule has 1 aliphatic heterocycles. The normalized spacial score (nSPS) is 21.8. The summed E-state index contributed by atoms with van der Waals surface area (Å²) in [5.74, 6) is -3.27. The minimum absolute atomic E-state index is 0.00992. The zero-order valence-electron chi connectivity index (χ0n) is 28.2. The van der Waals surface area contributed by atoms with Gasteiger partial charge in [0, 0.05) is 12.1 Å². The summed E-state index contributed by atoms with van der Waals surface area (Å²) in [5.41, 5.74) is 0.504. The number of hydrogen-bond acceptors (Lipinski definition) is 8. The van der Waals surface area contributed by atoms with Crippen molar-refractivity contribution in [2.75, 3.05) is 6.54 Å². The molecule has 0 unspecified atom stereocenters. The highest BCUT2D eigenvalue weighted by Crippen LogP contribution is 2.41. The molecular formula is C35H47N7O6. The van der Waals surface area contributed by atoms with E-state index in [1.54, 1.807) is 23.1 Å². The molecule has 3 aliphatic rings. The fraction of sp³-hybridized carbons (Fsp3) is 0.600. The van der Waals surface area contributed by atoms with Gasteiger partial charge in [0.2, 0.25) is 23.5 Å². The average Bonchev–Trinajstić information content (AvgIpc) is 3.80. The van der Waals surface area contributed by atoms with Crippen LogP contribution < -0.4 is 21.3 Å². The Bertz CT molecular complexity index is 1570. The number of nitrogens with one attached hydrogen (secondary N) is 4. The predicted molar refractivity (Wildman–Crippen MR) is 177 cm³/mol. The van der Waals surface area contributed by atoms with Crippen molar-refractivity contribution in [3.8, 4) is 0 Å². The number of carbonyl (C=O) groups excluding carboxylic acids is 6. The van der Waals surface area contributed by atoms with Gasteiger partial charge in [0.1, 0.15) is 17.8 Å². The van der Waals surface area contributed by atoms with Crippen LogP contribution in [0.2, 0.25) is 0 Å². The third-order valence-corrected chi connectivity index (χ3v) is 9.50. The lowest BCUT2D eigenvalue weighted by Gasteiger charge is -2.39. The molecular weight excluding hydrogens is 614 g/mol. The molecule has 0 bridgehead atoms. The van der Waals surface area contributed by atoms with Crippen molar-refractivity contribution >= 4 is 46.4 Å². The number of rotatable bonds is 12. The van der Waals surface area contributed by atoms with E-state index in [0.29, 0.717) is 30.3 Å². The van der Waals surface area contributed by atoms with E-state index in [9.17, 15) is 28.8 Å². The molecule has 2 aromatic rings. The second kappa shape index (κ2) is 14.8. The van der Waals surface area contributed by atoms with Crippen molar-refractivity contribution in [1.29, 1.82) is 0 Å². The summed E-state index contributed by atoms with van der Waals surface area (Å²) < 4.78 is 0. The van der Waals surface area contributed by atoms with E-state index in [0.717, 1.165) is 38.5 Å². The molecule has 13 nitrogen and oxygen atoms in total. The minimum Gasteiger partial charge on any atom is -0.347 e. The largest absolute Gasteiger partial charge is 0.347 e. The summed E-state index contributed by atoms with van der Waals surface area (Å²) in [7, 11) is 0. The topological polar surface area (TPSA) is 180 Å². The maximum atomic E-state index is 14.5. The number of nitrogens with zero attached hydrogens (tertiary/aromatic N) is 3. The first-order valence-electron chi connectivity index (χ1n) is 17.1. The predicted octanol–water partition coefficient (Wildman–Crippen LogP) is 2.18. The fourth-order valence-corrected chi connectivity index (χ4v) is 6.81. The number of Topliss-reactive ketones (excluding diaryl/α,β-unsaturated/α-hetero) is 1. The molecule has 2 aliphatic carbocycles. The van der Waals surface area contributed by atoms with Crippen LogP contribution in [-0.2, 0) is 24.0 Å². The number of benzene rings is 1. The Balaban J connectivity index is 1.29. The van der Waals surface area contributed by atoms with Crippen LogP contribution in [-0.4, -0.2) is 86.9 Å². The SMILES string of the molecule is CCC[C@H](NC(=O)[C@@H]1C[C@@H]2CCCC[C@@H]2N1C(=O)[C@@H](NC(=O)CNC(=O)c1cnc2ccccc2n1)C(C)(C)C)C(=O)C(=O)NC1CC1. The van der Waals surface area contributed by atoms with Gasteiger partial charge >= 0.3 is 0 Å². The number of ketones is 1. The van der Waals surface area contributed by atoms with Crippen LogP contribution in [0.1, 0.15) is 96.0 Å². The average molecular weight is 662 g/mol. The molecule has 1 saturated heterocycles. The molecule has 48 heavy (non-hydrogen) atoms. The van der Waals surface area contributed by atoms with Crippen molar-refractivity contribution in [3.05, 3.63) is 36.2 Å². The van der Waals surface area contributed by atoms with Crippen LogP contribution in [0.3, 0.4) is 0 Å². The second-order valence-electron chi connectivity index (χ2n) is 14.4. The minimum atomic E-state index is -1.00. The first kappa shape index (κ1) is 34.9. The second-order valence-corrected chi connectivity index (χ2v) is 14.4. The van der Waals surface area contributed by atoms with E-state index in [-0.39, 0.29) is 29.6 Å². The third kappa shape index (κ3) is 8.16. The van der Waals surface area contributed by atoms with E-state index >= 15 is 0 Å². The lowest BCUT2D eigenvalue weighted by atomic mass is 9.83. The maximum absolute atomic E-state index is 14.5. The van der Waals surface area contributed by atoms with E-state index in [1.807, 2.05) is 33.8 Å². The Hall–Kier alpha value is -4.42. The number of aromatic nitrogens is 2. The molecule has 4 N–H and O–H groups in total. The highest BCUT2D eigenvalue weighted by Gasteiger charge is 2.51. The summed E-state index contributed by atoms with van der Waals surface area (Å²) in [6, 6.07) is 4.11. The van der Waals surface area contributed by atoms with Gasteiger partial charge in [-0.25, -0.2) is 4.98 Å². The van der Waals surface area contributed by atoms with Crippen molar-refractivity contribution in [1.82, 2.24) is 36.1 Å². The van der Waals surface area contributed by atoms with Gasteiger partial charge in [-0.1, -0.05) is 59.1 Å². The first-order chi connectivity index (χ1) is 22.9. The van der Waals surface area contributed by atoms with Crippen LogP contribution in [0, 0.1) is 11.3 Å². The highest BCUT2D eigenvalue weighted by atomic mass is 16.2. The molecule has 2 heterocycles. The lowest BCUT2D eigenvalue weighted by Crippen LogP contribution is -2.61. The first-order valence-corrected chi connectivity index (χ1v) is 17.1. The van der Waals surface area contributed by atoms with E-state index < -0.39 is 59.5 Å². The van der Waals surface area contributed by atoms with Crippen LogP contribution >= 0.6 is 0 Å². The monoisotopic (exact) mass is 661 g/mol. The van der Waals surface area contributed by atoms with Crippen molar-refractivity contribution in [3.63, 3.8) is 0 Å². The molecule has 1 aromatic carbocycles. The molecule has 1 aromatic heterocycles. The Morgan fingerprint density at radius 3 is 2.35 bits per heavy atom. The number of fused-ring (bicyclic) bond motifs is 2. The van der Waals surface area contributed by atoms with Gasteiger partial charge in [-0.05, 0) is 62.0 Å². The van der Waals surface area contributed by atoms with Crippen molar-refractivity contribution < 1.29 is 28.8 Å². The number of para-hydroxylation sites is 2. The molecule has 5 rings (SSSR count). The fourth-order valence-electron chi connectivity index (χ4n) is 6.81. The van der Waals surface area contributed by atoms with Crippen LogP contribution in [0.25, 0.3) is 11.0 Å². The lowest BCUT2D eigenvalue weighted by molar-refractivity contribution is -0.147. The third-order valence-electron chi connectivity index (χ3n) is 9.50. The number of hydrogen-bond donors (Lipinski definition) is 4. The van der Waals surface area contributed by atoms with Crippen molar-refractivity contribution in [2.45, 2.75) is 116 Å². The van der Waals surface area contributed by atoms with Gasteiger partial charge in [0.25, 0.3) is 11.8 Å². The summed E-state index contributed by atoms with van der Waals surface area (Å²) in [6.45, 7) is 6.97. The van der Waals surface area contributed by atoms with Gasteiger partial charge in [-0.3, -0.25) is 33.8 Å². The van der Waals surface area contributed by atoms with E-state index in [2.05, 4.69) is 31.2 Å². The molecule has 13 heteroatoms. The van der Waals surface area contributed by atoms with Crippen LogP contribution in [0.5, 0.6) is 0 Å². The van der Waals surface area contributed by atoms with Gasteiger partial charge in [-0.2, -0.15) is 0 Å². The molecule has 0 spiro atoms. The zero-order chi connectivity index (χ0) is 34.6. The standard InChI is InChI=1S/C35H47N7O6/c1-5-10-24(29(44)33(47)38-21-15-16-21)40-32(46)27-17-20-11-6-9-14-26(20)42(27)34(48)30(35(2,3)4)41-28(43)19-37-31(45)25-18-36-22-12-7-8-13-23(22)39-25/h7-8,12-13,18,20-21,24,26-27,30H,5-6,9-11,14-17,19H2,1-4H3,(H,37,45)(H,38,47)(H,40,46)(H,41,43)/t20-,24-,26-,27-,30+/m0/s1. The van der Waals surface area contributed by atoms with Crippen molar-refractivity contribution in [2.24, 2.45) is 11.3 Å². The van der Waals surface area contributed by atoms with E-state index in [4.69, 9.17) is 0 Å². The molecule has 2 saturated carbocycles. The van der Waals surface area contributed by atoms with Gasteiger partial charge in [0.15, 0.2) is 0 Å². The number of amides is 5. The van der Waals surface area contributed by atoms with Gasteiger partial charge in [-0.15, -0.1) is 0 Å². The number of likely N-dealkylation sites (tertiary alicyclic amines) is 1. The highest BCUT2D eigenvalue weighted by molar-refractivity contribution is 6.38. The van der Waals surface area contributed by atoms with Crippen LogP contribution in [0.4, 0.5) is 0 Å². The smallest absolute Gasteiger partial charge is 0.289 e. The summed E-state index contributed by atoms with van der Waals surface area (Å²) in [4.78, 5) is 90.2. The Labute approximate surface area is 280 Å². The Morgan fingerprint density at radius 1 is 0.958 bits per heavy atom. The molecule has 258 valence electrons. The Morgan fingerprint density at radius 2 is 1.67 bits per heavy atom. The molecule has 3 fully saturated rings. The van der Waals surface area contributed by atoms with Gasteiger partial charge in [0.05, 0.1) is 29.8 Å². The molecule has 0 radical (unpaired) electrons. The summed E-state index contributed by atoms with van der Waals surface area (Å²) in [6.07, 6.45) is 7.84. The summed E-state index contributed by atoms with van der Waals surface area (Å²) in [5, 5.41) is 10.9. The van der Waals surface area contributed by atoms with Crippen LogP contribution in [0.15, 0.2) is 30.5 Å². The molecule has 5 amide bonds. The quantitative estimate of drug-likeness (QED) is 0.250. The Kier molecular flexibility index (Phi) is 10.7.